The largest absolute Gasteiger partial charge is 0.364 e. The Kier molecular flexibility index (Phi) is 5.29. The van der Waals surface area contributed by atoms with E-state index in [0.29, 0.717) is 10.7 Å². The van der Waals surface area contributed by atoms with Crippen LogP contribution in [0.4, 0.5) is 0 Å². The van der Waals surface area contributed by atoms with E-state index < -0.39 is 0 Å². The zero-order valence-corrected chi connectivity index (χ0v) is 10.7. The topological polar surface area (TPSA) is 44.7 Å². The van der Waals surface area contributed by atoms with Crippen LogP contribution < -0.4 is 5.32 Å². The highest BCUT2D eigenvalue weighted by atomic mass is 32.1. The molecule has 0 unspecified atom stereocenters. The lowest BCUT2D eigenvalue weighted by Gasteiger charge is -2.12. The molecule has 1 aromatic carbocycles. The Hall–Kier alpha value is -1.75. The van der Waals surface area contributed by atoms with Gasteiger partial charge in [0.1, 0.15) is 0 Å². The monoisotopic (exact) mass is 249 g/mol. The van der Waals surface area contributed by atoms with Gasteiger partial charge in [-0.1, -0.05) is 30.3 Å². The van der Waals surface area contributed by atoms with Crippen LogP contribution in [0.3, 0.4) is 0 Å². The molecule has 0 aliphatic carbocycles. The summed E-state index contributed by atoms with van der Waals surface area (Å²) in [5.74, 6) is 0.0399. The number of hydrogen-bond acceptors (Lipinski definition) is 3. The van der Waals surface area contributed by atoms with Crippen molar-refractivity contribution < 1.29 is 4.79 Å². The van der Waals surface area contributed by atoms with Gasteiger partial charge < -0.3 is 5.32 Å². The molecule has 1 N–H and O–H groups in total. The van der Waals surface area contributed by atoms with Crippen molar-refractivity contribution in [1.29, 1.82) is 0 Å². The minimum atomic E-state index is 0.0399. The normalized spacial score (nSPS) is 10.2. The number of hydrogen-bond donors (Lipinski definition) is 1. The summed E-state index contributed by atoms with van der Waals surface area (Å²) in [5.41, 5.74) is 0.692. The maximum Gasteiger partial charge on any atom is 0.189 e. The van der Waals surface area contributed by atoms with E-state index in [9.17, 15) is 4.79 Å². The van der Waals surface area contributed by atoms with E-state index in [4.69, 9.17) is 12.2 Å². The van der Waals surface area contributed by atoms with E-state index in [1.54, 1.807) is 32.4 Å². The molecule has 0 amide bonds. The average Bonchev–Trinajstić information content (AvgIpc) is 2.38. The highest BCUT2D eigenvalue weighted by molar-refractivity contribution is 7.80. The van der Waals surface area contributed by atoms with Gasteiger partial charge >= 0.3 is 0 Å². The SMILES string of the molecule is CNC(=S)N(C)/N=C\CC(=O)c1ccccc1. The molecule has 0 spiro atoms. The van der Waals surface area contributed by atoms with Gasteiger partial charge in [0.25, 0.3) is 0 Å². The lowest BCUT2D eigenvalue weighted by atomic mass is 10.1. The molecule has 0 aromatic heterocycles. The van der Waals surface area contributed by atoms with E-state index in [1.807, 2.05) is 18.2 Å². The van der Waals surface area contributed by atoms with Gasteiger partial charge in [-0.25, -0.2) is 5.01 Å². The molecule has 1 aromatic rings. The summed E-state index contributed by atoms with van der Waals surface area (Å²) in [6, 6.07) is 9.14. The van der Waals surface area contributed by atoms with E-state index in [2.05, 4.69) is 10.4 Å². The van der Waals surface area contributed by atoms with Crippen molar-refractivity contribution in [1.82, 2.24) is 10.3 Å². The molecule has 0 fully saturated rings. The van der Waals surface area contributed by atoms with Crippen LogP contribution in [0.2, 0.25) is 0 Å². The standard InChI is InChI=1S/C12H15N3OS/c1-13-12(17)15(2)14-9-8-11(16)10-6-4-3-5-7-10/h3-7,9H,8H2,1-2H3,(H,13,17)/b14-9-. The number of nitrogens with zero attached hydrogens (tertiary/aromatic N) is 2. The number of hydrazone groups is 1. The number of carbonyl (C=O) groups excluding carboxylic acids is 1. The van der Waals surface area contributed by atoms with Crippen LogP contribution in [0, 0.1) is 0 Å². The van der Waals surface area contributed by atoms with Crippen molar-refractivity contribution >= 4 is 29.3 Å². The number of nitrogens with one attached hydrogen (secondary N) is 1. The van der Waals surface area contributed by atoms with Crippen molar-refractivity contribution in [2.45, 2.75) is 6.42 Å². The molecular formula is C12H15N3OS. The molecule has 17 heavy (non-hydrogen) atoms. The zero-order valence-electron chi connectivity index (χ0n) is 9.88. The van der Waals surface area contributed by atoms with Gasteiger partial charge in [0.2, 0.25) is 0 Å². The van der Waals surface area contributed by atoms with Crippen molar-refractivity contribution in [3.8, 4) is 0 Å². The fourth-order valence-electron chi connectivity index (χ4n) is 1.20. The smallest absolute Gasteiger partial charge is 0.189 e. The fourth-order valence-corrected chi connectivity index (χ4v) is 1.25. The van der Waals surface area contributed by atoms with Gasteiger partial charge in [-0.05, 0) is 12.2 Å². The fraction of sp³-hybridized carbons (Fsp3) is 0.250. The first-order valence-electron chi connectivity index (χ1n) is 5.21. The summed E-state index contributed by atoms with van der Waals surface area (Å²) in [6.45, 7) is 0. The molecule has 90 valence electrons. The lowest BCUT2D eigenvalue weighted by molar-refractivity contribution is 0.100. The van der Waals surface area contributed by atoms with Gasteiger partial charge in [-0.3, -0.25) is 4.79 Å². The van der Waals surface area contributed by atoms with Crippen LogP contribution in [0.15, 0.2) is 35.4 Å². The van der Waals surface area contributed by atoms with E-state index >= 15 is 0 Å². The third-order valence-electron chi connectivity index (χ3n) is 2.14. The molecular weight excluding hydrogens is 234 g/mol. The highest BCUT2D eigenvalue weighted by Gasteiger charge is 2.03. The van der Waals surface area contributed by atoms with Crippen LogP contribution in [0.1, 0.15) is 16.8 Å². The Morgan fingerprint density at radius 3 is 2.71 bits per heavy atom. The Balaban J connectivity index is 2.49. The first-order chi connectivity index (χ1) is 8.15. The highest BCUT2D eigenvalue weighted by Crippen LogP contribution is 2.01. The number of carbonyl (C=O) groups is 1. The first kappa shape index (κ1) is 13.3. The Bertz CT molecular complexity index is 417. The summed E-state index contributed by atoms with van der Waals surface area (Å²) >= 11 is 4.97. The van der Waals surface area contributed by atoms with Crippen molar-refractivity contribution in [3.63, 3.8) is 0 Å². The van der Waals surface area contributed by atoms with Crippen LogP contribution in [-0.2, 0) is 0 Å². The minimum Gasteiger partial charge on any atom is -0.364 e. The second-order valence-electron chi connectivity index (χ2n) is 3.37. The lowest BCUT2D eigenvalue weighted by Crippen LogP contribution is -2.30. The molecule has 4 nitrogen and oxygen atoms in total. The van der Waals surface area contributed by atoms with Crippen LogP contribution in [0.25, 0.3) is 0 Å². The second kappa shape index (κ2) is 6.75. The van der Waals surface area contributed by atoms with Crippen LogP contribution in [0.5, 0.6) is 0 Å². The first-order valence-corrected chi connectivity index (χ1v) is 5.62. The van der Waals surface area contributed by atoms with Crippen molar-refractivity contribution in [2.75, 3.05) is 14.1 Å². The molecule has 0 bridgehead atoms. The minimum absolute atomic E-state index is 0.0399. The van der Waals surface area contributed by atoms with Crippen molar-refractivity contribution in [3.05, 3.63) is 35.9 Å². The molecule has 0 heterocycles. The molecule has 1 rings (SSSR count). The number of thiocarbonyl (C=S) groups is 1. The van der Waals surface area contributed by atoms with E-state index in [0.717, 1.165) is 0 Å². The summed E-state index contributed by atoms with van der Waals surface area (Å²) in [6.07, 6.45) is 1.82. The second-order valence-corrected chi connectivity index (χ2v) is 3.76. The third-order valence-corrected chi connectivity index (χ3v) is 2.60. The van der Waals surface area contributed by atoms with Crippen LogP contribution in [-0.4, -0.2) is 36.2 Å². The molecule has 0 aliphatic rings. The van der Waals surface area contributed by atoms with E-state index in [1.165, 1.54) is 5.01 Å². The number of benzene rings is 1. The summed E-state index contributed by atoms with van der Waals surface area (Å²) in [7, 11) is 3.45. The molecule has 0 saturated heterocycles. The quantitative estimate of drug-likeness (QED) is 0.382. The molecule has 0 saturated carbocycles. The van der Waals surface area contributed by atoms with E-state index in [-0.39, 0.29) is 12.2 Å². The maximum atomic E-state index is 11.7. The van der Waals surface area contributed by atoms with Gasteiger partial charge in [-0.15, -0.1) is 0 Å². The molecule has 0 aliphatic heterocycles. The summed E-state index contributed by atoms with van der Waals surface area (Å²) < 4.78 is 0. The number of Topliss-reactive ketones (excluding diaryl/α,β-unsaturated/α-hetero) is 1. The van der Waals surface area contributed by atoms with Gasteiger partial charge in [-0.2, -0.15) is 5.10 Å². The maximum absolute atomic E-state index is 11.7. The van der Waals surface area contributed by atoms with Crippen LogP contribution >= 0.6 is 12.2 Å². The molecule has 0 radical (unpaired) electrons. The number of rotatable bonds is 4. The van der Waals surface area contributed by atoms with Gasteiger partial charge in [0, 0.05) is 32.3 Å². The Morgan fingerprint density at radius 1 is 1.47 bits per heavy atom. The molecule has 0 atom stereocenters. The summed E-state index contributed by atoms with van der Waals surface area (Å²) in [4.78, 5) is 11.7. The average molecular weight is 249 g/mol. The van der Waals surface area contributed by atoms with Crippen molar-refractivity contribution in [2.24, 2.45) is 5.10 Å². The predicted molar refractivity (Wildman–Crippen MR) is 73.3 cm³/mol. The zero-order chi connectivity index (χ0) is 12.7. The molecule has 5 heteroatoms. The third kappa shape index (κ3) is 4.32. The summed E-state index contributed by atoms with van der Waals surface area (Å²) in [5, 5.41) is 8.85. The Morgan fingerprint density at radius 2 is 2.12 bits per heavy atom. The predicted octanol–water partition coefficient (Wildman–Crippen LogP) is 1.68. The Labute approximate surface area is 106 Å². The van der Waals surface area contributed by atoms with Gasteiger partial charge in [0.05, 0.1) is 0 Å². The van der Waals surface area contributed by atoms with Gasteiger partial charge in [0.15, 0.2) is 10.9 Å². The number of ketones is 1.